The minimum Gasteiger partial charge on any atom is -0.352 e. The molecule has 0 atom stereocenters. The highest BCUT2D eigenvalue weighted by Gasteiger charge is 2.08. The Balaban J connectivity index is 2.81. The molecule has 1 aromatic carbocycles. The van der Waals surface area contributed by atoms with Gasteiger partial charge in [-0.15, -0.1) is 6.58 Å². The number of rotatable bonds is 4. The van der Waals surface area contributed by atoms with E-state index in [1.54, 1.807) is 6.08 Å². The molecule has 0 unspecified atom stereocenters. The van der Waals surface area contributed by atoms with E-state index < -0.39 is 0 Å². The largest absolute Gasteiger partial charge is 0.352 e. The quantitative estimate of drug-likeness (QED) is 0.771. The molecule has 16 heavy (non-hydrogen) atoms. The number of hydrogen-bond donors (Lipinski definition) is 1. The average molecular weight is 217 g/mol. The van der Waals surface area contributed by atoms with Crippen LogP contribution in [0.1, 0.15) is 22.3 Å². The Morgan fingerprint density at radius 3 is 2.38 bits per heavy atom. The van der Waals surface area contributed by atoms with Crippen LogP contribution in [0.15, 0.2) is 24.8 Å². The van der Waals surface area contributed by atoms with Crippen molar-refractivity contribution in [3.8, 4) is 0 Å². The van der Waals surface area contributed by atoms with Crippen LogP contribution in [-0.2, 0) is 11.2 Å². The van der Waals surface area contributed by atoms with Gasteiger partial charge in [-0.2, -0.15) is 0 Å². The van der Waals surface area contributed by atoms with Gasteiger partial charge >= 0.3 is 0 Å². The first kappa shape index (κ1) is 12.5. The minimum atomic E-state index is 0.0509. The minimum absolute atomic E-state index is 0.0509. The second-order valence-corrected chi connectivity index (χ2v) is 4.15. The number of nitrogens with one attached hydrogen (secondary N) is 1. The van der Waals surface area contributed by atoms with Crippen molar-refractivity contribution < 1.29 is 4.79 Å². The number of amides is 1. The molecule has 1 N–H and O–H groups in total. The molecule has 0 fully saturated rings. The summed E-state index contributed by atoms with van der Waals surface area (Å²) in [7, 11) is 0. The Morgan fingerprint density at radius 2 is 1.88 bits per heavy atom. The first-order chi connectivity index (χ1) is 7.54. The molecule has 1 aromatic rings. The Labute approximate surface area is 97.4 Å². The molecule has 0 aliphatic carbocycles. The highest BCUT2D eigenvalue weighted by molar-refractivity contribution is 5.79. The number of hydrogen-bond acceptors (Lipinski definition) is 1. The van der Waals surface area contributed by atoms with Crippen LogP contribution in [-0.4, -0.2) is 12.5 Å². The van der Waals surface area contributed by atoms with Gasteiger partial charge in [-0.25, -0.2) is 0 Å². The molecule has 86 valence electrons. The van der Waals surface area contributed by atoms with Crippen LogP contribution in [0.3, 0.4) is 0 Å². The van der Waals surface area contributed by atoms with Crippen molar-refractivity contribution in [2.45, 2.75) is 27.2 Å². The maximum atomic E-state index is 11.6. The summed E-state index contributed by atoms with van der Waals surface area (Å²) in [6.07, 6.45) is 2.14. The normalized spacial score (nSPS) is 9.94. The van der Waals surface area contributed by atoms with Crippen LogP contribution < -0.4 is 5.32 Å². The van der Waals surface area contributed by atoms with Crippen molar-refractivity contribution in [3.63, 3.8) is 0 Å². The van der Waals surface area contributed by atoms with E-state index >= 15 is 0 Å². The standard InChI is InChI=1S/C14H19NO/c1-5-6-15-14(16)9-13-11(3)7-10(2)8-12(13)4/h5,7-8H,1,6,9H2,2-4H3,(H,15,16). The summed E-state index contributed by atoms with van der Waals surface area (Å²) in [6.45, 7) is 10.3. The van der Waals surface area contributed by atoms with E-state index in [4.69, 9.17) is 0 Å². The maximum absolute atomic E-state index is 11.6. The van der Waals surface area contributed by atoms with E-state index in [0.29, 0.717) is 13.0 Å². The molecule has 0 bridgehead atoms. The number of benzene rings is 1. The van der Waals surface area contributed by atoms with Crippen LogP contribution in [0.5, 0.6) is 0 Å². The number of carbonyl (C=O) groups excluding carboxylic acids is 1. The summed E-state index contributed by atoms with van der Waals surface area (Å²) in [5, 5.41) is 2.79. The summed E-state index contributed by atoms with van der Waals surface area (Å²) in [4.78, 5) is 11.6. The maximum Gasteiger partial charge on any atom is 0.224 e. The lowest BCUT2D eigenvalue weighted by atomic mass is 9.97. The van der Waals surface area contributed by atoms with Gasteiger partial charge in [0.05, 0.1) is 6.42 Å². The zero-order valence-corrected chi connectivity index (χ0v) is 10.3. The third kappa shape index (κ3) is 3.23. The molecule has 0 aromatic heterocycles. The molecule has 0 saturated heterocycles. The Bertz CT molecular complexity index is 384. The van der Waals surface area contributed by atoms with Crippen molar-refractivity contribution in [1.29, 1.82) is 0 Å². The van der Waals surface area contributed by atoms with Crippen molar-refractivity contribution in [1.82, 2.24) is 5.32 Å². The second-order valence-electron chi connectivity index (χ2n) is 4.15. The molecule has 0 spiro atoms. The van der Waals surface area contributed by atoms with Crippen molar-refractivity contribution >= 4 is 5.91 Å². The first-order valence-corrected chi connectivity index (χ1v) is 5.49. The van der Waals surface area contributed by atoms with Crippen LogP contribution in [0, 0.1) is 20.8 Å². The lowest BCUT2D eigenvalue weighted by molar-refractivity contribution is -0.120. The van der Waals surface area contributed by atoms with E-state index in [9.17, 15) is 4.79 Å². The van der Waals surface area contributed by atoms with Crippen LogP contribution in [0.25, 0.3) is 0 Å². The Kier molecular flexibility index (Phi) is 4.29. The summed E-state index contributed by atoms with van der Waals surface area (Å²) in [5.74, 6) is 0.0509. The van der Waals surface area contributed by atoms with Gasteiger partial charge in [0.2, 0.25) is 5.91 Å². The summed E-state index contributed by atoms with van der Waals surface area (Å²) >= 11 is 0. The van der Waals surface area contributed by atoms with Crippen LogP contribution in [0.2, 0.25) is 0 Å². The fraction of sp³-hybridized carbons (Fsp3) is 0.357. The van der Waals surface area contributed by atoms with E-state index in [2.05, 4.69) is 44.8 Å². The molecule has 0 heterocycles. The Hall–Kier alpha value is -1.57. The molecule has 1 amide bonds. The zero-order valence-electron chi connectivity index (χ0n) is 10.3. The Morgan fingerprint density at radius 1 is 1.31 bits per heavy atom. The van der Waals surface area contributed by atoms with Crippen LogP contribution in [0.4, 0.5) is 0 Å². The predicted molar refractivity (Wildman–Crippen MR) is 67.6 cm³/mol. The lowest BCUT2D eigenvalue weighted by Gasteiger charge is -2.11. The van der Waals surface area contributed by atoms with Crippen molar-refractivity contribution in [3.05, 3.63) is 47.0 Å². The first-order valence-electron chi connectivity index (χ1n) is 5.49. The third-order valence-electron chi connectivity index (χ3n) is 2.62. The van der Waals surface area contributed by atoms with E-state index in [1.807, 2.05) is 0 Å². The van der Waals surface area contributed by atoms with Gasteiger partial charge in [0.25, 0.3) is 0 Å². The molecule has 0 aliphatic heterocycles. The van der Waals surface area contributed by atoms with Gasteiger partial charge in [-0.1, -0.05) is 23.8 Å². The van der Waals surface area contributed by atoms with Gasteiger partial charge < -0.3 is 5.32 Å². The highest BCUT2D eigenvalue weighted by Crippen LogP contribution is 2.16. The second kappa shape index (κ2) is 5.50. The highest BCUT2D eigenvalue weighted by atomic mass is 16.1. The third-order valence-corrected chi connectivity index (χ3v) is 2.62. The lowest BCUT2D eigenvalue weighted by Crippen LogP contribution is -2.25. The molecule has 2 heteroatoms. The van der Waals surface area contributed by atoms with Gasteiger partial charge in [0, 0.05) is 6.54 Å². The molecule has 0 saturated carbocycles. The molecular weight excluding hydrogens is 198 g/mol. The van der Waals surface area contributed by atoms with E-state index in [-0.39, 0.29) is 5.91 Å². The average Bonchev–Trinajstić information content (AvgIpc) is 2.20. The molecule has 0 radical (unpaired) electrons. The van der Waals surface area contributed by atoms with Crippen molar-refractivity contribution in [2.75, 3.05) is 6.54 Å². The number of aryl methyl sites for hydroxylation is 3. The van der Waals surface area contributed by atoms with E-state index in [0.717, 1.165) is 5.56 Å². The SMILES string of the molecule is C=CCNC(=O)Cc1c(C)cc(C)cc1C. The molecule has 1 rings (SSSR count). The summed E-state index contributed by atoms with van der Waals surface area (Å²) < 4.78 is 0. The smallest absolute Gasteiger partial charge is 0.224 e. The summed E-state index contributed by atoms with van der Waals surface area (Å²) in [6, 6.07) is 4.23. The predicted octanol–water partition coefficient (Wildman–Crippen LogP) is 2.46. The van der Waals surface area contributed by atoms with Gasteiger partial charge in [-0.3, -0.25) is 4.79 Å². The topological polar surface area (TPSA) is 29.1 Å². The molecular formula is C14H19NO. The monoisotopic (exact) mass is 217 g/mol. The molecule has 2 nitrogen and oxygen atoms in total. The number of carbonyl (C=O) groups is 1. The van der Waals surface area contributed by atoms with Crippen molar-refractivity contribution in [2.24, 2.45) is 0 Å². The van der Waals surface area contributed by atoms with Gasteiger partial charge in [0.1, 0.15) is 0 Å². The van der Waals surface area contributed by atoms with Gasteiger partial charge in [0.15, 0.2) is 0 Å². The fourth-order valence-electron chi connectivity index (χ4n) is 1.90. The fourth-order valence-corrected chi connectivity index (χ4v) is 1.90. The summed E-state index contributed by atoms with van der Waals surface area (Å²) in [5.41, 5.74) is 4.75. The van der Waals surface area contributed by atoms with E-state index in [1.165, 1.54) is 16.7 Å². The molecule has 0 aliphatic rings. The zero-order chi connectivity index (χ0) is 12.1. The van der Waals surface area contributed by atoms with Crippen LogP contribution >= 0.6 is 0 Å². The van der Waals surface area contributed by atoms with Gasteiger partial charge in [-0.05, 0) is 37.5 Å².